The van der Waals surface area contributed by atoms with Crippen molar-refractivity contribution in [2.75, 3.05) is 13.1 Å². The van der Waals surface area contributed by atoms with Gasteiger partial charge in [0.2, 0.25) is 5.52 Å². The van der Waals surface area contributed by atoms with Gasteiger partial charge in [0, 0.05) is 37.8 Å². The van der Waals surface area contributed by atoms with Gasteiger partial charge in [0.15, 0.2) is 11.7 Å². The summed E-state index contributed by atoms with van der Waals surface area (Å²) in [6, 6.07) is 11.1. The van der Waals surface area contributed by atoms with Crippen molar-refractivity contribution in [3.63, 3.8) is 0 Å². The third-order valence-electron chi connectivity index (χ3n) is 4.33. The molecule has 0 bridgehead atoms. The predicted octanol–water partition coefficient (Wildman–Crippen LogP) is 3.35. The van der Waals surface area contributed by atoms with E-state index in [0.717, 1.165) is 13.1 Å². The molecule has 0 unspecified atom stereocenters. The van der Waals surface area contributed by atoms with Crippen LogP contribution in [0.2, 0.25) is 0 Å². The van der Waals surface area contributed by atoms with Crippen LogP contribution in [-0.4, -0.2) is 13.1 Å². The molecule has 1 N–H and O–H groups in total. The van der Waals surface area contributed by atoms with E-state index in [9.17, 15) is 0 Å². The zero-order valence-corrected chi connectivity index (χ0v) is 12.8. The number of piperidine rings is 1. The summed E-state index contributed by atoms with van der Waals surface area (Å²) in [5, 5.41) is 4.82. The molecule has 2 heteroatoms. The molecule has 2 heterocycles. The second-order valence-corrected chi connectivity index (χ2v) is 6.90. The molecule has 2 aromatic rings. The Balaban J connectivity index is 2.14. The lowest BCUT2D eigenvalue weighted by atomic mass is 9.90. The van der Waals surface area contributed by atoms with Crippen LogP contribution in [0, 0.1) is 0 Å². The van der Waals surface area contributed by atoms with Crippen LogP contribution >= 0.6 is 0 Å². The first-order chi connectivity index (χ1) is 9.55. The smallest absolute Gasteiger partial charge is 0.212 e. The maximum absolute atomic E-state index is 3.46. The molecule has 2 nitrogen and oxygen atoms in total. The molecule has 1 aliphatic heterocycles. The molecule has 1 aromatic heterocycles. The Hall–Kier alpha value is -1.41. The SMILES string of the molecule is CC(C)(C)[n+]1cc(C2CCNCC2)cc2ccccc21. The lowest BCUT2D eigenvalue weighted by Gasteiger charge is -2.24. The van der Waals surface area contributed by atoms with Gasteiger partial charge in [0.05, 0.1) is 0 Å². The molecule has 0 atom stereocenters. The molecule has 0 amide bonds. The van der Waals surface area contributed by atoms with Gasteiger partial charge < -0.3 is 5.32 Å². The molecular weight excluding hydrogens is 244 g/mol. The van der Waals surface area contributed by atoms with Crippen molar-refractivity contribution in [2.24, 2.45) is 0 Å². The van der Waals surface area contributed by atoms with Crippen molar-refractivity contribution < 1.29 is 4.57 Å². The van der Waals surface area contributed by atoms with E-state index >= 15 is 0 Å². The molecule has 20 heavy (non-hydrogen) atoms. The normalized spacial score (nSPS) is 17.6. The van der Waals surface area contributed by atoms with Crippen LogP contribution in [-0.2, 0) is 5.54 Å². The largest absolute Gasteiger partial charge is 0.317 e. The Morgan fingerprint density at radius 2 is 1.80 bits per heavy atom. The third kappa shape index (κ3) is 2.57. The van der Waals surface area contributed by atoms with E-state index in [0.29, 0.717) is 5.92 Å². The number of para-hydroxylation sites is 1. The Morgan fingerprint density at radius 1 is 1.10 bits per heavy atom. The number of hydrogen-bond acceptors (Lipinski definition) is 1. The van der Waals surface area contributed by atoms with Gasteiger partial charge in [-0.05, 0) is 44.0 Å². The number of pyridine rings is 1. The van der Waals surface area contributed by atoms with Crippen LogP contribution in [0.1, 0.15) is 45.1 Å². The van der Waals surface area contributed by atoms with Gasteiger partial charge in [-0.1, -0.05) is 12.1 Å². The third-order valence-corrected chi connectivity index (χ3v) is 4.33. The van der Waals surface area contributed by atoms with Crippen LogP contribution in [0.15, 0.2) is 36.5 Å². The molecule has 0 radical (unpaired) electrons. The zero-order chi connectivity index (χ0) is 14.2. The van der Waals surface area contributed by atoms with Gasteiger partial charge in [-0.25, -0.2) is 0 Å². The highest BCUT2D eigenvalue weighted by molar-refractivity contribution is 5.76. The Labute approximate surface area is 121 Å². The van der Waals surface area contributed by atoms with E-state index in [1.165, 1.54) is 29.3 Å². The Kier molecular flexibility index (Phi) is 3.51. The number of aromatic nitrogens is 1. The summed E-state index contributed by atoms with van der Waals surface area (Å²) in [5.74, 6) is 0.703. The highest BCUT2D eigenvalue weighted by Gasteiger charge is 2.27. The average molecular weight is 269 g/mol. The molecule has 0 aliphatic carbocycles. The number of fused-ring (bicyclic) bond motifs is 1. The summed E-state index contributed by atoms with van der Waals surface area (Å²) in [5.41, 5.74) is 2.94. The van der Waals surface area contributed by atoms with E-state index in [-0.39, 0.29) is 5.54 Å². The maximum Gasteiger partial charge on any atom is 0.212 e. The number of nitrogens with one attached hydrogen (secondary N) is 1. The Bertz CT molecular complexity index is 604. The van der Waals surface area contributed by atoms with Gasteiger partial charge in [-0.3, -0.25) is 0 Å². The first-order valence-electron chi connectivity index (χ1n) is 7.71. The van der Waals surface area contributed by atoms with Crippen molar-refractivity contribution in [1.82, 2.24) is 5.32 Å². The molecule has 0 spiro atoms. The van der Waals surface area contributed by atoms with Crippen LogP contribution < -0.4 is 9.88 Å². The second kappa shape index (κ2) is 5.17. The van der Waals surface area contributed by atoms with Gasteiger partial charge in [0.1, 0.15) is 0 Å². The topological polar surface area (TPSA) is 15.9 Å². The van der Waals surface area contributed by atoms with Crippen LogP contribution in [0.25, 0.3) is 10.9 Å². The van der Waals surface area contributed by atoms with Crippen molar-refractivity contribution in [3.05, 3.63) is 42.1 Å². The molecule has 1 saturated heterocycles. The lowest BCUT2D eigenvalue weighted by Crippen LogP contribution is -2.51. The first-order valence-corrected chi connectivity index (χ1v) is 7.71. The summed E-state index contributed by atoms with van der Waals surface area (Å²) >= 11 is 0. The number of nitrogens with zero attached hydrogens (tertiary/aromatic N) is 1. The monoisotopic (exact) mass is 269 g/mol. The summed E-state index contributed by atoms with van der Waals surface area (Å²) in [7, 11) is 0. The van der Waals surface area contributed by atoms with Crippen molar-refractivity contribution in [3.8, 4) is 0 Å². The minimum atomic E-state index is 0.114. The van der Waals surface area contributed by atoms with Crippen LogP contribution in [0.4, 0.5) is 0 Å². The van der Waals surface area contributed by atoms with E-state index in [4.69, 9.17) is 0 Å². The van der Waals surface area contributed by atoms with E-state index in [1.54, 1.807) is 0 Å². The minimum Gasteiger partial charge on any atom is -0.317 e. The fourth-order valence-corrected chi connectivity index (χ4v) is 3.20. The van der Waals surface area contributed by atoms with Crippen molar-refractivity contribution in [1.29, 1.82) is 0 Å². The Morgan fingerprint density at radius 3 is 2.50 bits per heavy atom. The lowest BCUT2D eigenvalue weighted by molar-refractivity contribution is -0.731. The zero-order valence-electron chi connectivity index (χ0n) is 12.8. The van der Waals surface area contributed by atoms with Gasteiger partial charge in [-0.2, -0.15) is 4.57 Å². The van der Waals surface area contributed by atoms with Crippen LogP contribution in [0.3, 0.4) is 0 Å². The highest BCUT2D eigenvalue weighted by Crippen LogP contribution is 2.27. The summed E-state index contributed by atoms with van der Waals surface area (Å²) in [6.45, 7) is 9.14. The molecule has 1 aliphatic rings. The minimum absolute atomic E-state index is 0.114. The number of benzene rings is 1. The average Bonchev–Trinajstić information content (AvgIpc) is 2.46. The van der Waals surface area contributed by atoms with Gasteiger partial charge >= 0.3 is 0 Å². The van der Waals surface area contributed by atoms with Gasteiger partial charge in [0.25, 0.3) is 0 Å². The molecule has 1 aromatic carbocycles. The summed E-state index contributed by atoms with van der Waals surface area (Å²) < 4.78 is 2.44. The summed E-state index contributed by atoms with van der Waals surface area (Å²) in [4.78, 5) is 0. The second-order valence-electron chi connectivity index (χ2n) is 6.90. The maximum atomic E-state index is 3.46. The van der Waals surface area contributed by atoms with E-state index in [2.05, 4.69) is 67.2 Å². The fourth-order valence-electron chi connectivity index (χ4n) is 3.20. The van der Waals surface area contributed by atoms with E-state index < -0.39 is 0 Å². The fraction of sp³-hybridized carbons (Fsp3) is 0.500. The molecule has 1 fully saturated rings. The summed E-state index contributed by atoms with van der Waals surface area (Å²) in [6.07, 6.45) is 4.89. The van der Waals surface area contributed by atoms with Crippen molar-refractivity contribution in [2.45, 2.75) is 45.1 Å². The van der Waals surface area contributed by atoms with Crippen molar-refractivity contribution >= 4 is 10.9 Å². The molecule has 3 rings (SSSR count). The highest BCUT2D eigenvalue weighted by atomic mass is 15.0. The molecule has 106 valence electrons. The van der Waals surface area contributed by atoms with E-state index in [1.807, 2.05) is 0 Å². The first kappa shape index (κ1) is 13.6. The van der Waals surface area contributed by atoms with Crippen LogP contribution in [0.5, 0.6) is 0 Å². The number of rotatable bonds is 1. The quantitative estimate of drug-likeness (QED) is 0.785. The number of hydrogen-bond donors (Lipinski definition) is 1. The standard InChI is InChI=1S/C18H25N2/c1-18(2,3)20-13-16(14-8-10-19-11-9-14)12-15-6-4-5-7-17(15)20/h4-7,12-14,19H,8-11H2,1-3H3/q+1. The predicted molar refractivity (Wildman–Crippen MR) is 84.0 cm³/mol. The molecular formula is C18H25N2+. The van der Waals surface area contributed by atoms with Gasteiger partial charge in [-0.15, -0.1) is 0 Å². The molecule has 0 saturated carbocycles.